The Morgan fingerprint density at radius 2 is 1.79 bits per heavy atom. The molecule has 0 atom stereocenters. The molecule has 7 nitrogen and oxygen atoms in total. The number of halogens is 1. The molecule has 0 bridgehead atoms. The fraction of sp³-hybridized carbons (Fsp3) is 0.440. The molecule has 2 fully saturated rings. The van der Waals surface area contributed by atoms with E-state index in [1.54, 1.807) is 13.1 Å². The number of hydrogen-bond donors (Lipinski definition) is 3. The number of amides is 1. The maximum atomic E-state index is 12.4. The Kier molecular flexibility index (Phi) is 9.22. The minimum absolute atomic E-state index is 0. The molecule has 3 N–H and O–H groups in total. The highest BCUT2D eigenvalue weighted by Crippen LogP contribution is 2.27. The molecule has 33 heavy (non-hydrogen) atoms. The number of nitrogens with one attached hydrogen (secondary N) is 2. The lowest BCUT2D eigenvalue weighted by Crippen LogP contribution is -2.52. The first-order chi connectivity index (χ1) is 15.6. The van der Waals surface area contributed by atoms with E-state index in [0.717, 1.165) is 74.8 Å². The van der Waals surface area contributed by atoms with E-state index in [1.807, 2.05) is 36.4 Å². The number of benzene rings is 2. The van der Waals surface area contributed by atoms with Crippen LogP contribution in [-0.2, 0) is 11.3 Å². The van der Waals surface area contributed by atoms with Crippen molar-refractivity contribution in [3.05, 3.63) is 54.1 Å². The second-order valence-electron chi connectivity index (χ2n) is 8.53. The van der Waals surface area contributed by atoms with Crippen LogP contribution in [0.2, 0.25) is 0 Å². The number of phenolic OH excluding ortho intramolecular Hbond substituents is 1. The van der Waals surface area contributed by atoms with Gasteiger partial charge in [-0.05, 0) is 42.7 Å². The average Bonchev–Trinajstić information content (AvgIpc) is 3.36. The number of phenols is 1. The first kappa shape index (κ1) is 25.1. The molecule has 178 valence electrons. The van der Waals surface area contributed by atoms with Gasteiger partial charge in [0.05, 0.1) is 5.69 Å². The van der Waals surface area contributed by atoms with Crippen molar-refractivity contribution in [2.45, 2.75) is 32.2 Å². The van der Waals surface area contributed by atoms with Crippen molar-refractivity contribution < 1.29 is 9.90 Å². The van der Waals surface area contributed by atoms with Gasteiger partial charge in [0, 0.05) is 51.4 Å². The van der Waals surface area contributed by atoms with Crippen LogP contribution in [0.15, 0.2) is 53.5 Å². The van der Waals surface area contributed by atoms with Crippen LogP contribution in [0.3, 0.4) is 0 Å². The van der Waals surface area contributed by atoms with Crippen molar-refractivity contribution >= 4 is 47.2 Å². The van der Waals surface area contributed by atoms with E-state index < -0.39 is 0 Å². The van der Waals surface area contributed by atoms with Gasteiger partial charge in [-0.3, -0.25) is 9.79 Å². The quantitative estimate of drug-likeness (QED) is 0.291. The van der Waals surface area contributed by atoms with Crippen LogP contribution in [0, 0.1) is 5.92 Å². The van der Waals surface area contributed by atoms with Crippen LogP contribution in [0.1, 0.15) is 31.2 Å². The molecule has 4 rings (SSSR count). The monoisotopic (exact) mass is 563 g/mol. The van der Waals surface area contributed by atoms with Gasteiger partial charge in [-0.25, -0.2) is 0 Å². The number of rotatable bonds is 5. The molecule has 1 aliphatic carbocycles. The molecule has 2 aromatic rings. The highest BCUT2D eigenvalue weighted by atomic mass is 127. The first-order valence-electron chi connectivity index (χ1n) is 11.5. The Labute approximate surface area is 213 Å². The molecule has 1 amide bonds. The zero-order valence-corrected chi connectivity index (χ0v) is 21.5. The van der Waals surface area contributed by atoms with Gasteiger partial charge in [0.15, 0.2) is 5.96 Å². The Morgan fingerprint density at radius 1 is 1.06 bits per heavy atom. The molecular weight excluding hydrogens is 529 g/mol. The normalized spacial score (nSPS) is 16.9. The number of piperazine rings is 1. The van der Waals surface area contributed by atoms with Gasteiger partial charge >= 0.3 is 0 Å². The van der Waals surface area contributed by atoms with Gasteiger partial charge < -0.3 is 25.5 Å². The third kappa shape index (κ3) is 6.52. The molecule has 8 heteroatoms. The predicted octanol–water partition coefficient (Wildman–Crippen LogP) is 4.04. The summed E-state index contributed by atoms with van der Waals surface area (Å²) in [5.41, 5.74) is 2.84. The zero-order valence-electron chi connectivity index (χ0n) is 19.2. The smallest absolute Gasteiger partial charge is 0.227 e. The number of aliphatic imine (C=N–C) groups is 1. The Morgan fingerprint density at radius 3 is 2.48 bits per heavy atom. The van der Waals surface area contributed by atoms with E-state index in [-0.39, 0.29) is 35.8 Å². The van der Waals surface area contributed by atoms with Gasteiger partial charge in [-0.15, -0.1) is 24.0 Å². The molecule has 2 aliphatic rings. The van der Waals surface area contributed by atoms with Crippen molar-refractivity contribution in [1.82, 2.24) is 10.2 Å². The lowest BCUT2D eigenvalue weighted by Gasteiger charge is -2.37. The molecule has 1 heterocycles. The van der Waals surface area contributed by atoms with Gasteiger partial charge in [0.2, 0.25) is 5.91 Å². The summed E-state index contributed by atoms with van der Waals surface area (Å²) in [5.74, 6) is 1.49. The topological polar surface area (TPSA) is 80.2 Å². The van der Waals surface area contributed by atoms with Gasteiger partial charge in [0.25, 0.3) is 0 Å². The lowest BCUT2D eigenvalue weighted by atomic mass is 10.1. The fourth-order valence-corrected chi connectivity index (χ4v) is 4.60. The van der Waals surface area contributed by atoms with Crippen molar-refractivity contribution in [1.29, 1.82) is 0 Å². The van der Waals surface area contributed by atoms with Crippen molar-refractivity contribution in [3.8, 4) is 5.75 Å². The number of anilines is 2. The summed E-state index contributed by atoms with van der Waals surface area (Å²) in [5, 5.41) is 16.6. The van der Waals surface area contributed by atoms with Gasteiger partial charge in [-0.1, -0.05) is 37.1 Å². The maximum absolute atomic E-state index is 12.4. The average molecular weight is 563 g/mol. The number of carbonyl (C=O) groups excluding carboxylic acids is 1. The molecular formula is C25H34IN5O2. The number of carbonyl (C=O) groups is 1. The molecule has 1 saturated heterocycles. The second kappa shape index (κ2) is 12.1. The Bertz CT molecular complexity index is 953. The van der Waals surface area contributed by atoms with Crippen LogP contribution < -0.4 is 15.5 Å². The van der Waals surface area contributed by atoms with Gasteiger partial charge in [0.1, 0.15) is 5.75 Å². The summed E-state index contributed by atoms with van der Waals surface area (Å²) in [7, 11) is 1.80. The van der Waals surface area contributed by atoms with E-state index in [9.17, 15) is 9.90 Å². The van der Waals surface area contributed by atoms with E-state index in [2.05, 4.69) is 31.5 Å². The maximum Gasteiger partial charge on any atom is 0.227 e. The van der Waals surface area contributed by atoms with E-state index >= 15 is 0 Å². The van der Waals surface area contributed by atoms with Crippen LogP contribution in [-0.4, -0.2) is 55.1 Å². The Balaban J connectivity index is 0.00000306. The highest BCUT2D eigenvalue weighted by molar-refractivity contribution is 14.0. The molecule has 0 spiro atoms. The fourth-order valence-electron chi connectivity index (χ4n) is 4.60. The number of para-hydroxylation sites is 2. The number of aromatic hydroxyl groups is 1. The number of nitrogens with zero attached hydrogens (tertiary/aromatic N) is 3. The second-order valence-corrected chi connectivity index (χ2v) is 8.53. The van der Waals surface area contributed by atoms with E-state index in [0.29, 0.717) is 12.3 Å². The van der Waals surface area contributed by atoms with Crippen molar-refractivity contribution in [3.63, 3.8) is 0 Å². The highest BCUT2D eigenvalue weighted by Gasteiger charge is 2.23. The third-order valence-electron chi connectivity index (χ3n) is 6.38. The van der Waals surface area contributed by atoms with Crippen molar-refractivity contribution in [2.75, 3.05) is 43.4 Å². The minimum Gasteiger partial charge on any atom is -0.506 e. The van der Waals surface area contributed by atoms with Gasteiger partial charge in [-0.2, -0.15) is 0 Å². The Hall–Kier alpha value is -2.49. The zero-order chi connectivity index (χ0) is 22.3. The SMILES string of the molecule is CN=C(NCc1cccc(NC(=O)C2CCCC2)c1)N1CCN(c2ccccc2O)CC1.I. The minimum atomic E-state index is 0. The first-order valence-corrected chi connectivity index (χ1v) is 11.5. The number of guanidine groups is 1. The summed E-state index contributed by atoms with van der Waals surface area (Å²) in [6.07, 6.45) is 4.31. The molecule has 0 radical (unpaired) electrons. The van der Waals surface area contributed by atoms with E-state index in [1.165, 1.54) is 0 Å². The molecule has 0 aromatic heterocycles. The lowest BCUT2D eigenvalue weighted by molar-refractivity contribution is -0.119. The van der Waals surface area contributed by atoms with Crippen LogP contribution in [0.25, 0.3) is 0 Å². The summed E-state index contributed by atoms with van der Waals surface area (Å²) in [6, 6.07) is 15.5. The number of hydrogen-bond acceptors (Lipinski definition) is 4. The molecule has 2 aromatic carbocycles. The third-order valence-corrected chi connectivity index (χ3v) is 6.38. The predicted molar refractivity (Wildman–Crippen MR) is 145 cm³/mol. The van der Waals surface area contributed by atoms with Crippen LogP contribution >= 0.6 is 24.0 Å². The molecule has 1 saturated carbocycles. The van der Waals surface area contributed by atoms with Crippen LogP contribution in [0.4, 0.5) is 11.4 Å². The molecule has 0 unspecified atom stereocenters. The standard InChI is InChI=1S/C25H33N5O2.HI/c1-26-25(30-15-13-29(14-16-30)22-11-4-5-12-23(22)31)27-18-19-7-6-10-21(17-19)28-24(32)20-8-2-3-9-20;/h4-7,10-12,17,20,31H,2-3,8-9,13-16,18H2,1H3,(H,26,27)(H,28,32);1H. The summed E-state index contributed by atoms with van der Waals surface area (Å²) >= 11 is 0. The summed E-state index contributed by atoms with van der Waals surface area (Å²) < 4.78 is 0. The van der Waals surface area contributed by atoms with E-state index in [4.69, 9.17) is 0 Å². The molecule has 1 aliphatic heterocycles. The van der Waals surface area contributed by atoms with Crippen LogP contribution in [0.5, 0.6) is 5.75 Å². The summed E-state index contributed by atoms with van der Waals surface area (Å²) in [4.78, 5) is 21.3. The largest absolute Gasteiger partial charge is 0.506 e. The van der Waals surface area contributed by atoms with Crippen molar-refractivity contribution in [2.24, 2.45) is 10.9 Å². The summed E-state index contributed by atoms with van der Waals surface area (Å²) in [6.45, 7) is 3.93.